The third-order valence-electron chi connectivity index (χ3n) is 4.76. The Kier molecular flexibility index (Phi) is 4.50. The molecule has 0 aliphatic carbocycles. The largest absolute Gasteiger partial charge is 0.495 e. The molecule has 0 spiro atoms. The van der Waals surface area contributed by atoms with Gasteiger partial charge in [-0.1, -0.05) is 29.8 Å². The van der Waals surface area contributed by atoms with Crippen LogP contribution >= 0.6 is 11.6 Å². The highest BCUT2D eigenvalue weighted by Crippen LogP contribution is 2.31. The van der Waals surface area contributed by atoms with Crippen LogP contribution in [0.4, 0.5) is 5.69 Å². The fourth-order valence-electron chi connectivity index (χ4n) is 3.48. The van der Waals surface area contributed by atoms with Crippen LogP contribution in [0.15, 0.2) is 60.7 Å². The number of rotatable bonds is 4. The topological polar surface area (TPSA) is 43.3 Å². The molecule has 0 saturated heterocycles. The van der Waals surface area contributed by atoms with Crippen LogP contribution in [0.3, 0.4) is 0 Å². The van der Waals surface area contributed by atoms with Gasteiger partial charge < -0.3 is 14.6 Å². The maximum atomic E-state index is 12.6. The highest BCUT2D eigenvalue weighted by Gasteiger charge is 2.12. The van der Waals surface area contributed by atoms with Crippen molar-refractivity contribution in [3.05, 3.63) is 71.2 Å². The van der Waals surface area contributed by atoms with E-state index >= 15 is 0 Å². The fourth-order valence-corrected chi connectivity index (χ4v) is 3.74. The van der Waals surface area contributed by atoms with Crippen molar-refractivity contribution in [2.24, 2.45) is 0 Å². The summed E-state index contributed by atoms with van der Waals surface area (Å²) in [5.41, 5.74) is 3.58. The molecule has 4 rings (SSSR count). The number of ether oxygens (including phenoxy) is 1. The smallest absolute Gasteiger partial charge is 0.255 e. The molecule has 4 aromatic rings. The molecule has 1 amide bonds. The third kappa shape index (κ3) is 3.02. The molecule has 4 nitrogen and oxygen atoms in total. The first kappa shape index (κ1) is 17.4. The van der Waals surface area contributed by atoms with Crippen molar-refractivity contribution in [1.29, 1.82) is 0 Å². The molecule has 0 saturated carbocycles. The lowest BCUT2D eigenvalue weighted by Gasteiger charge is -2.08. The van der Waals surface area contributed by atoms with Gasteiger partial charge in [0.2, 0.25) is 0 Å². The number of hydrogen-bond donors (Lipinski definition) is 1. The molecule has 0 radical (unpaired) electrons. The maximum absolute atomic E-state index is 12.6. The Morgan fingerprint density at radius 3 is 2.56 bits per heavy atom. The average molecular weight is 379 g/mol. The number of aryl methyl sites for hydroxylation is 1. The van der Waals surface area contributed by atoms with Gasteiger partial charge in [0.05, 0.1) is 12.1 Å². The number of methoxy groups -OCH3 is 1. The van der Waals surface area contributed by atoms with Crippen LogP contribution in [-0.2, 0) is 6.54 Å². The number of amides is 1. The van der Waals surface area contributed by atoms with Crippen molar-refractivity contribution >= 4 is 45.0 Å². The molecule has 27 heavy (non-hydrogen) atoms. The summed E-state index contributed by atoms with van der Waals surface area (Å²) in [6.45, 7) is 3.02. The summed E-state index contributed by atoms with van der Waals surface area (Å²) in [6.07, 6.45) is 0. The molecule has 136 valence electrons. The second-order valence-electron chi connectivity index (χ2n) is 6.30. The van der Waals surface area contributed by atoms with Crippen LogP contribution in [-0.4, -0.2) is 17.6 Å². The number of carbonyl (C=O) groups excluding carboxylic acids is 1. The number of anilines is 1. The quantitative estimate of drug-likeness (QED) is 0.493. The summed E-state index contributed by atoms with van der Waals surface area (Å²) >= 11 is 6.13. The normalized spacial score (nSPS) is 11.1. The molecule has 0 bridgehead atoms. The fraction of sp³-hybridized carbons (Fsp3) is 0.136. The summed E-state index contributed by atoms with van der Waals surface area (Å²) in [6, 6.07) is 19.3. The number of halogens is 1. The van der Waals surface area contributed by atoms with E-state index in [-0.39, 0.29) is 5.91 Å². The maximum Gasteiger partial charge on any atom is 0.255 e. The highest BCUT2D eigenvalue weighted by molar-refractivity contribution is 6.32. The highest BCUT2D eigenvalue weighted by atomic mass is 35.5. The SMILES string of the molecule is CCn1c2ccccc2c2cc(NC(=O)c3ccc(OC)c(Cl)c3)ccc21. The van der Waals surface area contributed by atoms with E-state index in [0.717, 1.165) is 23.1 Å². The van der Waals surface area contributed by atoms with Crippen molar-refractivity contribution in [2.45, 2.75) is 13.5 Å². The first-order valence-corrected chi connectivity index (χ1v) is 9.16. The van der Waals surface area contributed by atoms with E-state index in [1.165, 1.54) is 10.9 Å². The van der Waals surface area contributed by atoms with Gasteiger partial charge in [0.25, 0.3) is 5.91 Å². The Bertz CT molecular complexity index is 1160. The van der Waals surface area contributed by atoms with Crippen molar-refractivity contribution in [1.82, 2.24) is 4.57 Å². The predicted octanol–water partition coefficient (Wildman–Crippen LogP) is 5.73. The zero-order valence-corrected chi connectivity index (χ0v) is 15.9. The van der Waals surface area contributed by atoms with Crippen molar-refractivity contribution in [3.8, 4) is 5.75 Å². The van der Waals surface area contributed by atoms with Crippen molar-refractivity contribution < 1.29 is 9.53 Å². The number of nitrogens with one attached hydrogen (secondary N) is 1. The molecule has 1 aromatic heterocycles. The number of hydrogen-bond acceptors (Lipinski definition) is 2. The number of aromatic nitrogens is 1. The minimum atomic E-state index is -0.210. The Labute approximate surface area is 162 Å². The summed E-state index contributed by atoms with van der Waals surface area (Å²) in [7, 11) is 1.54. The Morgan fingerprint density at radius 2 is 1.81 bits per heavy atom. The molecule has 1 N–H and O–H groups in total. The molecule has 0 atom stereocenters. The van der Waals surface area contributed by atoms with Crippen LogP contribution in [0.2, 0.25) is 5.02 Å². The minimum absolute atomic E-state index is 0.210. The Balaban J connectivity index is 1.71. The second-order valence-corrected chi connectivity index (χ2v) is 6.70. The third-order valence-corrected chi connectivity index (χ3v) is 5.06. The van der Waals surface area contributed by atoms with Gasteiger partial charge in [-0.2, -0.15) is 0 Å². The van der Waals surface area contributed by atoms with Crippen LogP contribution in [0.25, 0.3) is 21.8 Å². The summed E-state index contributed by atoms with van der Waals surface area (Å²) in [4.78, 5) is 12.6. The van der Waals surface area contributed by atoms with E-state index in [0.29, 0.717) is 16.3 Å². The van der Waals surface area contributed by atoms with E-state index in [1.54, 1.807) is 25.3 Å². The van der Waals surface area contributed by atoms with Crippen molar-refractivity contribution in [3.63, 3.8) is 0 Å². The van der Waals surface area contributed by atoms with E-state index in [1.807, 2.05) is 24.3 Å². The van der Waals surface area contributed by atoms with E-state index < -0.39 is 0 Å². The van der Waals surface area contributed by atoms with Gasteiger partial charge in [0, 0.05) is 39.6 Å². The van der Waals surface area contributed by atoms with Gasteiger partial charge in [-0.25, -0.2) is 0 Å². The van der Waals surface area contributed by atoms with Gasteiger partial charge in [-0.15, -0.1) is 0 Å². The number of fused-ring (bicyclic) bond motifs is 3. The van der Waals surface area contributed by atoms with Crippen molar-refractivity contribution in [2.75, 3.05) is 12.4 Å². The van der Waals surface area contributed by atoms with Crippen LogP contribution in [0.5, 0.6) is 5.75 Å². The predicted molar refractivity (Wildman–Crippen MR) is 111 cm³/mol. The summed E-state index contributed by atoms with van der Waals surface area (Å²) in [5, 5.41) is 5.67. The number of carbonyl (C=O) groups is 1. The molecule has 0 fully saturated rings. The molecular weight excluding hydrogens is 360 g/mol. The second kappa shape index (κ2) is 6.97. The molecule has 1 heterocycles. The molecule has 3 aromatic carbocycles. The Hall–Kier alpha value is -2.98. The minimum Gasteiger partial charge on any atom is -0.495 e. The first-order valence-electron chi connectivity index (χ1n) is 8.78. The molecule has 0 unspecified atom stereocenters. The molecular formula is C22H19ClN2O2. The zero-order chi connectivity index (χ0) is 19.0. The standard InChI is InChI=1S/C22H19ClN2O2/c1-3-25-19-7-5-4-6-16(19)17-13-15(9-10-20(17)25)24-22(26)14-8-11-21(27-2)18(23)12-14/h4-13H,3H2,1-2H3,(H,24,26). The average Bonchev–Trinajstić information content (AvgIpc) is 3.01. The van der Waals surface area contributed by atoms with E-state index in [4.69, 9.17) is 16.3 Å². The Morgan fingerprint density at radius 1 is 1.04 bits per heavy atom. The monoisotopic (exact) mass is 378 g/mol. The van der Waals surface area contributed by atoms with Gasteiger partial charge in [-0.05, 0) is 49.4 Å². The molecule has 0 aliphatic heterocycles. The molecule has 5 heteroatoms. The number of para-hydroxylation sites is 1. The number of nitrogens with zero attached hydrogens (tertiary/aromatic N) is 1. The van der Waals surface area contributed by atoms with Crippen LogP contribution in [0.1, 0.15) is 17.3 Å². The van der Waals surface area contributed by atoms with E-state index in [9.17, 15) is 4.79 Å². The number of benzene rings is 3. The molecule has 0 aliphatic rings. The van der Waals surface area contributed by atoms with Gasteiger partial charge >= 0.3 is 0 Å². The van der Waals surface area contributed by atoms with Crippen LogP contribution in [0, 0.1) is 0 Å². The van der Waals surface area contributed by atoms with Crippen LogP contribution < -0.4 is 10.1 Å². The van der Waals surface area contributed by atoms with Gasteiger partial charge in [-0.3, -0.25) is 4.79 Å². The lowest BCUT2D eigenvalue weighted by molar-refractivity contribution is 0.102. The lowest BCUT2D eigenvalue weighted by atomic mass is 10.1. The van der Waals surface area contributed by atoms with Gasteiger partial charge in [0.15, 0.2) is 0 Å². The zero-order valence-electron chi connectivity index (χ0n) is 15.1. The first-order chi connectivity index (χ1) is 13.1. The van der Waals surface area contributed by atoms with Gasteiger partial charge in [0.1, 0.15) is 5.75 Å². The lowest BCUT2D eigenvalue weighted by Crippen LogP contribution is -2.11. The summed E-state index contributed by atoms with van der Waals surface area (Å²) < 4.78 is 7.41. The summed E-state index contributed by atoms with van der Waals surface area (Å²) in [5.74, 6) is 0.333. The van der Waals surface area contributed by atoms with E-state index in [2.05, 4.69) is 35.0 Å².